The van der Waals surface area contributed by atoms with Crippen LogP contribution in [0.5, 0.6) is 0 Å². The van der Waals surface area contributed by atoms with Crippen molar-refractivity contribution in [2.75, 3.05) is 13.2 Å². The Hall–Kier alpha value is -3.21. The summed E-state index contributed by atoms with van der Waals surface area (Å²) in [4.78, 5) is 8.50. The van der Waals surface area contributed by atoms with Gasteiger partial charge in [0.25, 0.3) is 5.79 Å². The van der Waals surface area contributed by atoms with Gasteiger partial charge >= 0.3 is 0 Å². The van der Waals surface area contributed by atoms with Crippen LogP contribution in [0.1, 0.15) is 11.4 Å². The molecular weight excluding hydrogens is 348 g/mol. The van der Waals surface area contributed by atoms with Gasteiger partial charge in [-0.3, -0.25) is 0 Å². The summed E-state index contributed by atoms with van der Waals surface area (Å²) in [6.07, 6.45) is 0. The molecule has 4 heteroatoms. The first-order valence-electron chi connectivity index (χ1n) is 9.41. The van der Waals surface area contributed by atoms with E-state index >= 15 is 0 Å². The first-order valence-corrected chi connectivity index (χ1v) is 9.41. The molecule has 0 spiro atoms. The number of nitrogens with one attached hydrogen (secondary N) is 1. The molecule has 4 aromatic rings. The summed E-state index contributed by atoms with van der Waals surface area (Å²) in [6.45, 7) is 1.05. The molecule has 0 unspecified atom stereocenters. The predicted molar refractivity (Wildman–Crippen MR) is 109 cm³/mol. The van der Waals surface area contributed by atoms with Crippen molar-refractivity contribution in [1.82, 2.24) is 9.97 Å². The molecule has 1 aromatic heterocycles. The van der Waals surface area contributed by atoms with Crippen LogP contribution in [0.3, 0.4) is 0 Å². The van der Waals surface area contributed by atoms with Crippen molar-refractivity contribution >= 4 is 0 Å². The number of imidazole rings is 1. The maximum atomic E-state index is 6.14. The van der Waals surface area contributed by atoms with Crippen molar-refractivity contribution in [2.45, 2.75) is 5.79 Å². The number of rotatable bonds is 4. The normalized spacial score (nSPS) is 15.6. The van der Waals surface area contributed by atoms with E-state index in [1.165, 1.54) is 0 Å². The number of ether oxygens (including phenoxy) is 2. The van der Waals surface area contributed by atoms with E-state index < -0.39 is 5.79 Å². The largest absolute Gasteiger partial charge is 0.337 e. The third kappa shape index (κ3) is 2.83. The molecule has 0 atom stereocenters. The highest BCUT2D eigenvalue weighted by Crippen LogP contribution is 2.40. The molecule has 0 amide bonds. The van der Waals surface area contributed by atoms with Crippen molar-refractivity contribution in [3.8, 4) is 22.5 Å². The zero-order valence-corrected chi connectivity index (χ0v) is 15.3. The molecule has 1 N–H and O–H groups in total. The molecule has 5 rings (SSSR count). The standard InChI is InChI=1S/C24H20N2O2/c1-4-10-18(11-5-1)21-22(19-12-6-2-7-13-19)26-23(25-21)24(27-16-17-28-24)20-14-8-3-9-15-20/h1-15H,16-17H2,(H,25,26). The summed E-state index contributed by atoms with van der Waals surface area (Å²) in [6, 6.07) is 30.4. The number of hydrogen-bond acceptors (Lipinski definition) is 3. The summed E-state index contributed by atoms with van der Waals surface area (Å²) in [5, 5.41) is 0. The molecule has 0 radical (unpaired) electrons. The molecular formula is C24H20N2O2. The van der Waals surface area contributed by atoms with Crippen LogP contribution < -0.4 is 0 Å². The summed E-state index contributed by atoms with van der Waals surface area (Å²) in [7, 11) is 0. The van der Waals surface area contributed by atoms with Crippen LogP contribution >= 0.6 is 0 Å². The van der Waals surface area contributed by atoms with Gasteiger partial charge in [-0.2, -0.15) is 0 Å². The van der Waals surface area contributed by atoms with Crippen molar-refractivity contribution in [1.29, 1.82) is 0 Å². The number of aromatic amines is 1. The van der Waals surface area contributed by atoms with Gasteiger partial charge in [-0.25, -0.2) is 4.98 Å². The molecule has 3 aromatic carbocycles. The lowest BCUT2D eigenvalue weighted by molar-refractivity contribution is -0.135. The van der Waals surface area contributed by atoms with E-state index in [-0.39, 0.29) is 0 Å². The minimum atomic E-state index is -1.02. The Bertz CT molecular complexity index is 997. The average Bonchev–Trinajstić information content (AvgIpc) is 3.44. The van der Waals surface area contributed by atoms with Crippen LogP contribution in [-0.4, -0.2) is 23.2 Å². The number of benzene rings is 3. The third-order valence-electron chi connectivity index (χ3n) is 4.97. The third-order valence-corrected chi connectivity index (χ3v) is 4.97. The Kier molecular flexibility index (Phi) is 4.28. The summed E-state index contributed by atoms with van der Waals surface area (Å²) < 4.78 is 12.3. The van der Waals surface area contributed by atoms with Gasteiger partial charge in [-0.05, 0) is 0 Å². The molecule has 1 saturated heterocycles. The topological polar surface area (TPSA) is 47.1 Å². The average molecular weight is 368 g/mol. The van der Waals surface area contributed by atoms with Gasteiger partial charge in [-0.15, -0.1) is 0 Å². The second-order valence-electron chi connectivity index (χ2n) is 6.72. The smallest absolute Gasteiger partial charge is 0.256 e. The molecule has 1 aliphatic heterocycles. The summed E-state index contributed by atoms with van der Waals surface area (Å²) >= 11 is 0. The SMILES string of the molecule is c1ccc(-c2nc(C3(c4ccccc4)OCCO3)[nH]c2-c2ccccc2)cc1. The van der Waals surface area contributed by atoms with Gasteiger partial charge in [0.2, 0.25) is 0 Å². The second-order valence-corrected chi connectivity index (χ2v) is 6.72. The molecule has 4 nitrogen and oxygen atoms in total. The Morgan fingerprint density at radius 3 is 1.82 bits per heavy atom. The van der Waals surface area contributed by atoms with Gasteiger partial charge in [0.15, 0.2) is 5.82 Å². The second kappa shape index (κ2) is 7.08. The van der Waals surface area contributed by atoms with Gasteiger partial charge in [0.1, 0.15) is 0 Å². The first kappa shape index (κ1) is 16.9. The van der Waals surface area contributed by atoms with Crippen LogP contribution in [0, 0.1) is 0 Å². The van der Waals surface area contributed by atoms with Crippen LogP contribution in [0.25, 0.3) is 22.5 Å². The molecule has 1 aliphatic rings. The predicted octanol–water partition coefficient (Wildman–Crippen LogP) is 4.99. The van der Waals surface area contributed by atoms with Crippen molar-refractivity contribution in [3.05, 3.63) is 102 Å². The lowest BCUT2D eigenvalue weighted by atomic mass is 10.1. The molecule has 1 fully saturated rings. The lowest BCUT2D eigenvalue weighted by Gasteiger charge is -2.25. The van der Waals surface area contributed by atoms with Gasteiger partial charge in [-0.1, -0.05) is 91.0 Å². The zero-order valence-electron chi connectivity index (χ0n) is 15.3. The van der Waals surface area contributed by atoms with Gasteiger partial charge in [0.05, 0.1) is 24.6 Å². The lowest BCUT2D eigenvalue weighted by Crippen LogP contribution is -2.30. The van der Waals surface area contributed by atoms with Crippen LogP contribution in [0.15, 0.2) is 91.0 Å². The Labute approximate surface area is 163 Å². The first-order chi connectivity index (χ1) is 13.9. The van der Waals surface area contributed by atoms with Crippen molar-refractivity contribution in [2.24, 2.45) is 0 Å². The maximum absolute atomic E-state index is 6.14. The zero-order chi connectivity index (χ0) is 18.8. The van der Waals surface area contributed by atoms with E-state index in [4.69, 9.17) is 14.5 Å². The van der Waals surface area contributed by atoms with Crippen LogP contribution in [0.4, 0.5) is 0 Å². The van der Waals surface area contributed by atoms with Crippen LogP contribution in [0.2, 0.25) is 0 Å². The van der Waals surface area contributed by atoms with Crippen molar-refractivity contribution < 1.29 is 9.47 Å². The molecule has 138 valence electrons. The fourth-order valence-corrected chi connectivity index (χ4v) is 3.66. The quantitative estimate of drug-likeness (QED) is 0.552. The molecule has 28 heavy (non-hydrogen) atoms. The van der Waals surface area contributed by atoms with E-state index in [1.807, 2.05) is 66.7 Å². The van der Waals surface area contributed by atoms with Gasteiger partial charge in [0, 0.05) is 16.7 Å². The van der Waals surface area contributed by atoms with E-state index in [9.17, 15) is 0 Å². The molecule has 2 heterocycles. The van der Waals surface area contributed by atoms with Gasteiger partial charge < -0.3 is 14.5 Å². The van der Waals surface area contributed by atoms with E-state index in [1.54, 1.807) is 0 Å². The highest BCUT2D eigenvalue weighted by Gasteiger charge is 2.44. The number of aromatic nitrogens is 2. The fraction of sp³-hybridized carbons (Fsp3) is 0.125. The molecule has 0 saturated carbocycles. The highest BCUT2D eigenvalue weighted by molar-refractivity contribution is 5.78. The van der Waals surface area contributed by atoms with Crippen LogP contribution in [-0.2, 0) is 15.3 Å². The minimum absolute atomic E-state index is 0.525. The summed E-state index contributed by atoms with van der Waals surface area (Å²) in [5.74, 6) is -0.355. The Morgan fingerprint density at radius 2 is 1.21 bits per heavy atom. The maximum Gasteiger partial charge on any atom is 0.256 e. The van der Waals surface area contributed by atoms with Crippen molar-refractivity contribution in [3.63, 3.8) is 0 Å². The highest BCUT2D eigenvalue weighted by atomic mass is 16.7. The van der Waals surface area contributed by atoms with E-state index in [0.717, 1.165) is 28.1 Å². The van der Waals surface area contributed by atoms with E-state index in [2.05, 4.69) is 29.2 Å². The Balaban J connectivity index is 1.72. The monoisotopic (exact) mass is 368 g/mol. The molecule has 0 bridgehead atoms. The Morgan fingerprint density at radius 1 is 0.679 bits per heavy atom. The van der Waals surface area contributed by atoms with E-state index in [0.29, 0.717) is 19.0 Å². The summed E-state index contributed by atoms with van der Waals surface area (Å²) in [5.41, 5.74) is 4.89. The number of nitrogens with zero attached hydrogens (tertiary/aromatic N) is 1. The number of hydrogen-bond donors (Lipinski definition) is 1. The number of H-pyrrole nitrogens is 1. The fourth-order valence-electron chi connectivity index (χ4n) is 3.66. The minimum Gasteiger partial charge on any atom is -0.337 e. The molecule has 0 aliphatic carbocycles.